The van der Waals surface area contributed by atoms with Gasteiger partial charge in [-0.15, -0.1) is 0 Å². The van der Waals surface area contributed by atoms with Gasteiger partial charge < -0.3 is 11.1 Å². The Kier molecular flexibility index (Phi) is 4.05. The summed E-state index contributed by atoms with van der Waals surface area (Å²) in [5.74, 6) is -0.295. The molecule has 0 bridgehead atoms. The van der Waals surface area contributed by atoms with Gasteiger partial charge in [0.15, 0.2) is 0 Å². The second kappa shape index (κ2) is 5.31. The number of primary amides is 1. The minimum atomic E-state index is -0.295. The fourth-order valence-corrected chi connectivity index (χ4v) is 1.23. The van der Waals surface area contributed by atoms with Crippen molar-refractivity contribution in [3.63, 3.8) is 0 Å². The molecule has 0 radical (unpaired) electrons. The lowest BCUT2D eigenvalue weighted by Crippen LogP contribution is -2.30. The molecule has 1 heterocycles. The third kappa shape index (κ3) is 3.95. The van der Waals surface area contributed by atoms with Gasteiger partial charge in [-0.1, -0.05) is 6.58 Å². The van der Waals surface area contributed by atoms with E-state index >= 15 is 0 Å². The molecule has 15 heavy (non-hydrogen) atoms. The van der Waals surface area contributed by atoms with Gasteiger partial charge in [0.25, 0.3) is 0 Å². The minimum Gasteiger partial charge on any atom is -0.370 e. The molecular formula is C10H16N4O. The van der Waals surface area contributed by atoms with Gasteiger partial charge in [0.1, 0.15) is 0 Å². The molecule has 0 saturated heterocycles. The third-order valence-electron chi connectivity index (χ3n) is 2.00. The maximum absolute atomic E-state index is 10.6. The van der Waals surface area contributed by atoms with Crippen molar-refractivity contribution < 1.29 is 4.79 Å². The predicted molar refractivity (Wildman–Crippen MR) is 58.7 cm³/mol. The van der Waals surface area contributed by atoms with Crippen LogP contribution in [0.4, 0.5) is 0 Å². The van der Waals surface area contributed by atoms with E-state index < -0.39 is 0 Å². The van der Waals surface area contributed by atoms with Crippen molar-refractivity contribution >= 4 is 12.1 Å². The van der Waals surface area contributed by atoms with Gasteiger partial charge in [-0.3, -0.25) is 4.79 Å². The Balaban J connectivity index is 2.36. The Morgan fingerprint density at radius 2 is 2.60 bits per heavy atom. The number of carbonyl (C=O) groups is 1. The number of nitrogens with one attached hydrogen (secondary N) is 1. The Labute approximate surface area is 89.0 Å². The van der Waals surface area contributed by atoms with Crippen molar-refractivity contribution in [3.8, 4) is 0 Å². The number of hydrogen-bond donors (Lipinski definition) is 2. The van der Waals surface area contributed by atoms with E-state index in [4.69, 9.17) is 5.73 Å². The minimum absolute atomic E-state index is 0.0783. The summed E-state index contributed by atoms with van der Waals surface area (Å²) in [6, 6.07) is 0.0783. The Bertz CT molecular complexity index is 345. The maximum Gasteiger partial charge on any atom is 0.218 e. The topological polar surface area (TPSA) is 72.9 Å². The predicted octanol–water partition coefficient (Wildman–Crippen LogP) is 0.337. The van der Waals surface area contributed by atoms with Gasteiger partial charge in [-0.05, 0) is 6.92 Å². The molecule has 0 aromatic carbocycles. The summed E-state index contributed by atoms with van der Waals surface area (Å²) in [6.45, 7) is 6.19. The second-order valence-corrected chi connectivity index (χ2v) is 3.46. The average molecular weight is 208 g/mol. The second-order valence-electron chi connectivity index (χ2n) is 3.46. The molecule has 1 aromatic rings. The molecule has 0 spiro atoms. The van der Waals surface area contributed by atoms with Crippen LogP contribution >= 0.6 is 0 Å². The van der Waals surface area contributed by atoms with E-state index in [0.717, 1.165) is 5.56 Å². The van der Waals surface area contributed by atoms with Crippen LogP contribution in [0.2, 0.25) is 0 Å². The van der Waals surface area contributed by atoms with Crippen molar-refractivity contribution in [1.29, 1.82) is 0 Å². The van der Waals surface area contributed by atoms with Crippen LogP contribution in [0, 0.1) is 0 Å². The standard InChI is InChI=1S/C10H16N4O/c1-3-14-7-9(6-13-14)5-12-8(2)4-10(11)15/h3,6-8,12H,1,4-5H2,2H3,(H2,11,15). The SMILES string of the molecule is C=Cn1cc(CNC(C)CC(N)=O)cn1. The monoisotopic (exact) mass is 208 g/mol. The Morgan fingerprint density at radius 1 is 1.87 bits per heavy atom. The van der Waals surface area contributed by atoms with E-state index in [0.29, 0.717) is 13.0 Å². The summed E-state index contributed by atoms with van der Waals surface area (Å²) in [6.07, 6.45) is 5.59. The zero-order valence-corrected chi connectivity index (χ0v) is 8.81. The number of rotatable bonds is 6. The van der Waals surface area contributed by atoms with E-state index in [1.165, 1.54) is 0 Å². The van der Waals surface area contributed by atoms with Crippen LogP contribution in [0.25, 0.3) is 6.20 Å². The summed E-state index contributed by atoms with van der Waals surface area (Å²) in [5, 5.41) is 7.22. The molecule has 1 amide bonds. The number of nitrogens with zero attached hydrogens (tertiary/aromatic N) is 2. The zero-order chi connectivity index (χ0) is 11.3. The Morgan fingerprint density at radius 3 is 3.13 bits per heavy atom. The van der Waals surface area contributed by atoms with Gasteiger partial charge in [0.2, 0.25) is 5.91 Å². The summed E-state index contributed by atoms with van der Waals surface area (Å²) in [4.78, 5) is 10.6. The molecule has 1 rings (SSSR count). The highest BCUT2D eigenvalue weighted by Crippen LogP contribution is 1.99. The van der Waals surface area contributed by atoms with Gasteiger partial charge in [0.05, 0.1) is 6.20 Å². The lowest BCUT2D eigenvalue weighted by atomic mass is 10.2. The molecule has 0 fully saturated rings. The van der Waals surface area contributed by atoms with Crippen LogP contribution in [0.1, 0.15) is 18.9 Å². The highest BCUT2D eigenvalue weighted by molar-refractivity contribution is 5.74. The van der Waals surface area contributed by atoms with E-state index in [1.807, 2.05) is 13.1 Å². The molecule has 1 aromatic heterocycles. The zero-order valence-electron chi connectivity index (χ0n) is 8.81. The van der Waals surface area contributed by atoms with Crippen LogP contribution < -0.4 is 11.1 Å². The van der Waals surface area contributed by atoms with Crippen LogP contribution in [0.3, 0.4) is 0 Å². The maximum atomic E-state index is 10.6. The van der Waals surface area contributed by atoms with Crippen molar-refractivity contribution in [2.75, 3.05) is 0 Å². The third-order valence-corrected chi connectivity index (χ3v) is 2.00. The quantitative estimate of drug-likeness (QED) is 0.708. The summed E-state index contributed by atoms with van der Waals surface area (Å²) in [7, 11) is 0. The summed E-state index contributed by atoms with van der Waals surface area (Å²) in [5.41, 5.74) is 6.13. The van der Waals surface area contributed by atoms with Crippen LogP contribution in [-0.4, -0.2) is 21.7 Å². The van der Waals surface area contributed by atoms with E-state index in [2.05, 4.69) is 17.0 Å². The molecule has 0 aliphatic rings. The van der Waals surface area contributed by atoms with Crippen LogP contribution in [-0.2, 0) is 11.3 Å². The van der Waals surface area contributed by atoms with E-state index in [1.54, 1.807) is 17.1 Å². The van der Waals surface area contributed by atoms with Gasteiger partial charge in [-0.2, -0.15) is 5.10 Å². The number of hydrogen-bond acceptors (Lipinski definition) is 3. The molecule has 0 saturated carbocycles. The smallest absolute Gasteiger partial charge is 0.218 e. The van der Waals surface area contributed by atoms with E-state index in [-0.39, 0.29) is 11.9 Å². The van der Waals surface area contributed by atoms with Crippen molar-refractivity contribution in [2.45, 2.75) is 25.9 Å². The number of nitrogens with two attached hydrogens (primary N) is 1. The van der Waals surface area contributed by atoms with Crippen LogP contribution in [0.15, 0.2) is 19.0 Å². The molecular weight excluding hydrogens is 192 g/mol. The van der Waals surface area contributed by atoms with Crippen LogP contribution in [0.5, 0.6) is 0 Å². The molecule has 0 aliphatic heterocycles. The normalized spacial score (nSPS) is 12.3. The van der Waals surface area contributed by atoms with Crippen molar-refractivity contribution in [3.05, 3.63) is 24.5 Å². The molecule has 1 unspecified atom stereocenters. The van der Waals surface area contributed by atoms with Gasteiger partial charge in [-0.25, -0.2) is 4.68 Å². The summed E-state index contributed by atoms with van der Waals surface area (Å²) < 4.78 is 1.63. The first-order chi connectivity index (χ1) is 7.11. The number of carbonyl (C=O) groups excluding carboxylic acids is 1. The molecule has 1 atom stereocenters. The van der Waals surface area contributed by atoms with Crippen molar-refractivity contribution in [2.24, 2.45) is 5.73 Å². The largest absolute Gasteiger partial charge is 0.370 e. The fourth-order valence-electron chi connectivity index (χ4n) is 1.23. The molecule has 5 heteroatoms. The number of amides is 1. The summed E-state index contributed by atoms with van der Waals surface area (Å²) >= 11 is 0. The average Bonchev–Trinajstić information content (AvgIpc) is 2.61. The van der Waals surface area contributed by atoms with Gasteiger partial charge in [0, 0.05) is 37.0 Å². The van der Waals surface area contributed by atoms with Gasteiger partial charge >= 0.3 is 0 Å². The number of aromatic nitrogens is 2. The first-order valence-corrected chi connectivity index (χ1v) is 4.79. The lowest BCUT2D eigenvalue weighted by molar-refractivity contribution is -0.118. The fraction of sp³-hybridized carbons (Fsp3) is 0.400. The lowest BCUT2D eigenvalue weighted by Gasteiger charge is -2.10. The molecule has 0 aliphatic carbocycles. The molecule has 5 nitrogen and oxygen atoms in total. The van der Waals surface area contributed by atoms with Crippen molar-refractivity contribution in [1.82, 2.24) is 15.1 Å². The highest BCUT2D eigenvalue weighted by atomic mass is 16.1. The first kappa shape index (κ1) is 11.5. The highest BCUT2D eigenvalue weighted by Gasteiger charge is 2.05. The Hall–Kier alpha value is -1.62. The first-order valence-electron chi connectivity index (χ1n) is 4.79. The molecule has 3 N–H and O–H groups in total. The van der Waals surface area contributed by atoms with E-state index in [9.17, 15) is 4.79 Å². The molecule has 82 valence electrons.